The molecule has 2 aromatic rings. The molecule has 4 rings (SSSR count). The van der Waals surface area contributed by atoms with Crippen LogP contribution in [0.25, 0.3) is 16.3 Å². The van der Waals surface area contributed by atoms with Gasteiger partial charge in [-0.05, 0) is 45.5 Å². The van der Waals surface area contributed by atoms with Gasteiger partial charge in [0.1, 0.15) is 0 Å². The second-order valence-electron chi connectivity index (χ2n) is 4.53. The molecular weight excluding hydrogens is 204 g/mol. The molecule has 2 aromatic carbocycles. The quantitative estimate of drug-likeness (QED) is 0.621. The number of rotatable bonds is 0. The molecule has 17 heavy (non-hydrogen) atoms. The van der Waals surface area contributed by atoms with Crippen molar-refractivity contribution in [1.82, 2.24) is 0 Å². The van der Waals surface area contributed by atoms with Gasteiger partial charge in [0.15, 0.2) is 0 Å². The smallest absolute Gasteiger partial charge is 0.00640 e. The van der Waals surface area contributed by atoms with E-state index in [0.29, 0.717) is 0 Å². The first-order chi connectivity index (χ1) is 8.43. The number of fused-ring (bicyclic) bond motifs is 5. The van der Waals surface area contributed by atoms with Crippen molar-refractivity contribution in [3.63, 3.8) is 0 Å². The van der Waals surface area contributed by atoms with E-state index in [1.165, 1.54) is 33.0 Å². The van der Waals surface area contributed by atoms with Crippen LogP contribution in [0.5, 0.6) is 0 Å². The van der Waals surface area contributed by atoms with Gasteiger partial charge < -0.3 is 0 Å². The van der Waals surface area contributed by atoms with Gasteiger partial charge in [0.05, 0.1) is 0 Å². The lowest BCUT2D eigenvalue weighted by atomic mass is 9.85. The van der Waals surface area contributed by atoms with Crippen LogP contribution in [-0.4, -0.2) is 0 Å². The molecule has 0 spiro atoms. The highest BCUT2D eigenvalue weighted by Gasteiger charge is 2.19. The highest BCUT2D eigenvalue weighted by Crippen LogP contribution is 2.39. The largest absolute Gasteiger partial charge is 0.0716 e. The maximum Gasteiger partial charge on any atom is -0.00640 e. The fourth-order valence-electron chi connectivity index (χ4n) is 2.79. The van der Waals surface area contributed by atoms with Crippen molar-refractivity contribution in [3.05, 3.63) is 77.4 Å². The van der Waals surface area contributed by atoms with Crippen LogP contribution >= 0.6 is 0 Å². The normalized spacial score (nSPS) is 16.5. The first-order valence-corrected chi connectivity index (χ1v) is 5.95. The molecule has 0 amide bonds. The number of hydrogen-bond donors (Lipinski definition) is 0. The summed E-state index contributed by atoms with van der Waals surface area (Å²) < 4.78 is 0. The fourth-order valence-corrected chi connectivity index (χ4v) is 2.79. The summed E-state index contributed by atoms with van der Waals surface area (Å²) in [6.07, 6.45) is 10.8. The zero-order valence-electron chi connectivity index (χ0n) is 9.40. The predicted molar refractivity (Wildman–Crippen MR) is 71.5 cm³/mol. The SMILES string of the molecule is [C]1=CC=C2C1=CCc1ccc3ccccc3c12. The summed E-state index contributed by atoms with van der Waals surface area (Å²) in [5.74, 6) is 0. The Hall–Kier alpha value is -2.08. The number of allylic oxidation sites excluding steroid dienone is 6. The predicted octanol–water partition coefficient (Wildman–Crippen LogP) is 4.08. The third-order valence-electron chi connectivity index (χ3n) is 3.59. The molecule has 0 N–H and O–H groups in total. The Balaban J connectivity index is 2.12. The first kappa shape index (κ1) is 9.00. The van der Waals surface area contributed by atoms with Crippen LogP contribution < -0.4 is 0 Å². The molecule has 1 radical (unpaired) electrons. The van der Waals surface area contributed by atoms with Crippen molar-refractivity contribution in [3.8, 4) is 0 Å². The minimum Gasteiger partial charge on any atom is -0.0716 e. The van der Waals surface area contributed by atoms with E-state index >= 15 is 0 Å². The topological polar surface area (TPSA) is 0 Å². The van der Waals surface area contributed by atoms with Crippen molar-refractivity contribution < 1.29 is 0 Å². The van der Waals surface area contributed by atoms with E-state index < -0.39 is 0 Å². The molecular formula is C17H11. The zero-order chi connectivity index (χ0) is 11.2. The molecule has 0 fully saturated rings. The van der Waals surface area contributed by atoms with E-state index in [0.717, 1.165) is 6.42 Å². The summed E-state index contributed by atoms with van der Waals surface area (Å²) in [5.41, 5.74) is 5.43. The third kappa shape index (κ3) is 1.18. The summed E-state index contributed by atoms with van der Waals surface area (Å²) in [4.78, 5) is 0. The van der Waals surface area contributed by atoms with Gasteiger partial charge in [0.2, 0.25) is 0 Å². The van der Waals surface area contributed by atoms with Gasteiger partial charge in [-0.3, -0.25) is 0 Å². The molecule has 0 aromatic heterocycles. The molecule has 0 nitrogen and oxygen atoms in total. The van der Waals surface area contributed by atoms with Crippen LogP contribution in [0.1, 0.15) is 11.1 Å². The molecule has 0 bridgehead atoms. The van der Waals surface area contributed by atoms with Crippen LogP contribution in [0.3, 0.4) is 0 Å². The maximum absolute atomic E-state index is 3.31. The van der Waals surface area contributed by atoms with E-state index in [2.05, 4.69) is 54.6 Å². The summed E-state index contributed by atoms with van der Waals surface area (Å²) in [6, 6.07) is 13.1. The van der Waals surface area contributed by atoms with E-state index in [4.69, 9.17) is 0 Å². The average Bonchev–Trinajstić information content (AvgIpc) is 2.86. The van der Waals surface area contributed by atoms with Gasteiger partial charge in [-0.25, -0.2) is 0 Å². The van der Waals surface area contributed by atoms with Crippen molar-refractivity contribution in [2.45, 2.75) is 6.42 Å². The minimum absolute atomic E-state index is 1.02. The average molecular weight is 215 g/mol. The summed E-state index contributed by atoms with van der Waals surface area (Å²) in [5, 5.41) is 2.68. The van der Waals surface area contributed by atoms with E-state index in [9.17, 15) is 0 Å². The monoisotopic (exact) mass is 215 g/mol. The highest BCUT2D eigenvalue weighted by molar-refractivity contribution is 6.01. The molecule has 0 unspecified atom stereocenters. The van der Waals surface area contributed by atoms with Crippen LogP contribution in [0.4, 0.5) is 0 Å². The summed E-state index contributed by atoms with van der Waals surface area (Å²) in [6.45, 7) is 0. The maximum atomic E-state index is 3.31. The van der Waals surface area contributed by atoms with Crippen LogP contribution in [0.2, 0.25) is 0 Å². The Morgan fingerprint density at radius 1 is 1.00 bits per heavy atom. The van der Waals surface area contributed by atoms with Crippen LogP contribution in [-0.2, 0) is 6.42 Å². The number of benzene rings is 2. The van der Waals surface area contributed by atoms with Crippen molar-refractivity contribution in [1.29, 1.82) is 0 Å². The lowest BCUT2D eigenvalue weighted by Gasteiger charge is -2.18. The zero-order valence-corrected chi connectivity index (χ0v) is 9.40. The lowest BCUT2D eigenvalue weighted by Crippen LogP contribution is -2.00. The van der Waals surface area contributed by atoms with E-state index in [1.54, 1.807) is 0 Å². The van der Waals surface area contributed by atoms with E-state index in [1.807, 2.05) is 6.08 Å². The molecule has 0 saturated carbocycles. The molecule has 0 atom stereocenters. The minimum atomic E-state index is 1.02. The van der Waals surface area contributed by atoms with Gasteiger partial charge in [-0.2, -0.15) is 0 Å². The molecule has 2 aliphatic carbocycles. The van der Waals surface area contributed by atoms with Crippen molar-refractivity contribution in [2.75, 3.05) is 0 Å². The van der Waals surface area contributed by atoms with Gasteiger partial charge in [-0.1, -0.05) is 54.6 Å². The van der Waals surface area contributed by atoms with Gasteiger partial charge >= 0.3 is 0 Å². The molecule has 79 valence electrons. The molecule has 0 saturated heterocycles. The number of hydrogen-bond acceptors (Lipinski definition) is 0. The Bertz CT molecular complexity index is 712. The van der Waals surface area contributed by atoms with Gasteiger partial charge in [-0.15, -0.1) is 0 Å². The van der Waals surface area contributed by atoms with Crippen LogP contribution in [0, 0.1) is 6.08 Å². The molecule has 0 heterocycles. The van der Waals surface area contributed by atoms with E-state index in [-0.39, 0.29) is 0 Å². The Morgan fingerprint density at radius 3 is 2.94 bits per heavy atom. The van der Waals surface area contributed by atoms with Crippen molar-refractivity contribution in [2.24, 2.45) is 0 Å². The summed E-state index contributed by atoms with van der Waals surface area (Å²) >= 11 is 0. The Morgan fingerprint density at radius 2 is 1.94 bits per heavy atom. The van der Waals surface area contributed by atoms with Gasteiger partial charge in [0.25, 0.3) is 0 Å². The third-order valence-corrected chi connectivity index (χ3v) is 3.59. The van der Waals surface area contributed by atoms with Gasteiger partial charge in [0, 0.05) is 0 Å². The Kier molecular flexibility index (Phi) is 1.70. The second kappa shape index (κ2) is 3.21. The lowest BCUT2D eigenvalue weighted by molar-refractivity contribution is 1.22. The fraction of sp³-hybridized carbons (Fsp3) is 0.0588. The highest BCUT2D eigenvalue weighted by atomic mass is 14.2. The van der Waals surface area contributed by atoms with Crippen molar-refractivity contribution >= 4 is 16.3 Å². The standard InChI is InChI=1S/C17H11/c1-2-6-15-12(4-1)8-10-14-11-9-13-5-3-7-16(13)17(14)15/h1-4,6-10H,11H2. The Labute approximate surface area is 101 Å². The first-order valence-electron chi connectivity index (χ1n) is 5.95. The van der Waals surface area contributed by atoms with Crippen LogP contribution in [0.15, 0.2) is 60.2 Å². The molecule has 0 aliphatic heterocycles. The molecule has 0 heteroatoms. The molecule has 2 aliphatic rings. The summed E-state index contributed by atoms with van der Waals surface area (Å²) in [7, 11) is 0. The second-order valence-corrected chi connectivity index (χ2v) is 4.53.